The Morgan fingerprint density at radius 1 is 1.18 bits per heavy atom. The van der Waals surface area contributed by atoms with Crippen molar-refractivity contribution in [2.24, 2.45) is 5.92 Å². The third-order valence-corrected chi connectivity index (χ3v) is 7.12. The maximum Gasteiger partial charge on any atom is 0.239 e. The maximum absolute atomic E-state index is 12.9. The summed E-state index contributed by atoms with van der Waals surface area (Å²) in [6.45, 7) is 5.37. The van der Waals surface area contributed by atoms with Gasteiger partial charge in [-0.1, -0.05) is 12.1 Å². The number of hydrogen-bond acceptors (Lipinski definition) is 7. The van der Waals surface area contributed by atoms with E-state index < -0.39 is 0 Å². The van der Waals surface area contributed by atoms with Crippen LogP contribution in [0.25, 0.3) is 22.3 Å². The molecule has 1 unspecified atom stereocenters. The van der Waals surface area contributed by atoms with E-state index in [9.17, 15) is 4.79 Å². The maximum atomic E-state index is 12.9. The first kappa shape index (κ1) is 21.4. The van der Waals surface area contributed by atoms with Gasteiger partial charge >= 0.3 is 0 Å². The predicted octanol–water partition coefficient (Wildman–Crippen LogP) is 2.19. The number of H-pyrrole nitrogens is 1. The Kier molecular flexibility index (Phi) is 5.80. The Balaban J connectivity index is 1.26. The van der Waals surface area contributed by atoms with Gasteiger partial charge in [-0.2, -0.15) is 0 Å². The van der Waals surface area contributed by atoms with E-state index in [-0.39, 0.29) is 18.5 Å². The summed E-state index contributed by atoms with van der Waals surface area (Å²) in [6, 6.07) is 8.34. The lowest BCUT2D eigenvalue weighted by molar-refractivity contribution is -0.120. The van der Waals surface area contributed by atoms with Crippen LogP contribution in [-0.4, -0.2) is 79.5 Å². The molecule has 1 aromatic carbocycles. The van der Waals surface area contributed by atoms with Gasteiger partial charge in [0.05, 0.1) is 37.7 Å². The monoisotopic (exact) mass is 462 g/mol. The van der Waals surface area contributed by atoms with Gasteiger partial charge in [-0.05, 0) is 30.9 Å². The summed E-state index contributed by atoms with van der Waals surface area (Å²) in [5, 5.41) is 4.23. The zero-order chi connectivity index (χ0) is 22.9. The number of nitrogens with one attached hydrogen (secondary N) is 2. The van der Waals surface area contributed by atoms with Crippen molar-refractivity contribution in [1.82, 2.24) is 20.3 Å². The van der Waals surface area contributed by atoms with Gasteiger partial charge < -0.3 is 29.6 Å². The van der Waals surface area contributed by atoms with Gasteiger partial charge in [-0.15, -0.1) is 0 Å². The summed E-state index contributed by atoms with van der Waals surface area (Å²) < 4.78 is 11.2. The van der Waals surface area contributed by atoms with Crippen molar-refractivity contribution in [2.45, 2.75) is 18.9 Å². The molecule has 178 valence electrons. The largest absolute Gasteiger partial charge is 0.381 e. The number of carbonyl (C=O) groups excluding carboxylic acids is 1. The average Bonchev–Trinajstić information content (AvgIpc) is 3.37. The predicted molar refractivity (Wildman–Crippen MR) is 130 cm³/mol. The number of hydrogen-bond donors (Lipinski definition) is 2. The zero-order valence-electron chi connectivity index (χ0n) is 19.2. The number of aromatic nitrogens is 3. The normalized spacial score (nSPS) is 20.8. The summed E-state index contributed by atoms with van der Waals surface area (Å²) in [5.74, 6) is 2.11. The minimum absolute atomic E-state index is 0.0313. The van der Waals surface area contributed by atoms with Gasteiger partial charge in [-0.25, -0.2) is 9.97 Å². The molecule has 5 heterocycles. The van der Waals surface area contributed by atoms with Crippen LogP contribution in [0.4, 0.5) is 11.5 Å². The van der Waals surface area contributed by atoms with Gasteiger partial charge in [0.15, 0.2) is 11.6 Å². The molecule has 2 saturated heterocycles. The molecule has 0 spiro atoms. The molecule has 0 aliphatic carbocycles. The quantitative estimate of drug-likeness (QED) is 0.600. The molecule has 9 heteroatoms. The van der Waals surface area contributed by atoms with E-state index >= 15 is 0 Å². The van der Waals surface area contributed by atoms with Crippen molar-refractivity contribution in [3.8, 4) is 11.4 Å². The Labute approximate surface area is 198 Å². The fourth-order valence-electron chi connectivity index (χ4n) is 5.24. The first-order valence-corrected chi connectivity index (χ1v) is 12.1. The molecular weight excluding hydrogens is 432 g/mol. The van der Waals surface area contributed by atoms with Gasteiger partial charge in [0, 0.05) is 55.5 Å². The van der Waals surface area contributed by atoms with E-state index in [0.717, 1.165) is 60.6 Å². The number of ether oxygens (including phenoxy) is 2. The highest BCUT2D eigenvalue weighted by Gasteiger charge is 2.35. The summed E-state index contributed by atoms with van der Waals surface area (Å²) in [6.07, 6.45) is 5.82. The van der Waals surface area contributed by atoms with E-state index in [1.807, 2.05) is 18.5 Å². The number of benzene rings is 1. The fourth-order valence-corrected chi connectivity index (χ4v) is 5.24. The second-order valence-corrected chi connectivity index (χ2v) is 9.31. The highest BCUT2D eigenvalue weighted by molar-refractivity contribution is 5.94. The number of morpholine rings is 1. The fraction of sp³-hybridized carbons (Fsp3) is 0.480. The molecule has 0 bridgehead atoms. The van der Waals surface area contributed by atoms with Crippen molar-refractivity contribution in [1.29, 1.82) is 0 Å². The minimum Gasteiger partial charge on any atom is -0.381 e. The van der Waals surface area contributed by atoms with E-state index in [1.165, 1.54) is 0 Å². The van der Waals surface area contributed by atoms with Crippen LogP contribution in [-0.2, 0) is 14.3 Å². The van der Waals surface area contributed by atoms with Crippen LogP contribution in [0.1, 0.15) is 12.8 Å². The number of nitrogens with zero attached hydrogens (tertiary/aromatic N) is 4. The van der Waals surface area contributed by atoms with Gasteiger partial charge in [0.1, 0.15) is 0 Å². The second-order valence-electron chi connectivity index (χ2n) is 9.31. The number of fused-ring (bicyclic) bond motifs is 4. The molecule has 6 rings (SSSR count). The minimum atomic E-state index is 0.0313. The molecule has 3 aromatic rings. The van der Waals surface area contributed by atoms with Crippen LogP contribution in [0, 0.1) is 5.92 Å². The Bertz CT molecular complexity index is 1170. The molecule has 34 heavy (non-hydrogen) atoms. The standard InChI is InChI=1S/C25H30N6O3/c32-23(27-12-17-5-9-33-10-6-17)15-30-14-18-16-34-11-8-31(18)25-22(30)13-28-24(29-25)20-2-1-3-21-19(20)4-7-26-21/h1-4,7,13,17-18,26H,5-6,8-12,14-16H2,(H,27,32). The first-order chi connectivity index (χ1) is 16.8. The summed E-state index contributed by atoms with van der Waals surface area (Å²) >= 11 is 0. The third kappa shape index (κ3) is 4.10. The summed E-state index contributed by atoms with van der Waals surface area (Å²) in [5.41, 5.74) is 2.97. The molecule has 2 fully saturated rings. The molecule has 0 saturated carbocycles. The van der Waals surface area contributed by atoms with E-state index in [4.69, 9.17) is 19.4 Å². The van der Waals surface area contributed by atoms with Crippen LogP contribution in [0.15, 0.2) is 36.7 Å². The smallest absolute Gasteiger partial charge is 0.239 e. The highest BCUT2D eigenvalue weighted by atomic mass is 16.5. The van der Waals surface area contributed by atoms with Crippen LogP contribution in [0.3, 0.4) is 0 Å². The lowest BCUT2D eigenvalue weighted by Gasteiger charge is -2.45. The Morgan fingerprint density at radius 2 is 2.09 bits per heavy atom. The molecule has 3 aliphatic heterocycles. The highest BCUT2D eigenvalue weighted by Crippen LogP contribution is 2.36. The summed E-state index contributed by atoms with van der Waals surface area (Å²) in [7, 11) is 0. The van der Waals surface area contributed by atoms with E-state index in [1.54, 1.807) is 0 Å². The lowest BCUT2D eigenvalue weighted by atomic mass is 10.0. The van der Waals surface area contributed by atoms with Crippen LogP contribution in [0.2, 0.25) is 0 Å². The van der Waals surface area contributed by atoms with Crippen molar-refractivity contribution < 1.29 is 14.3 Å². The third-order valence-electron chi connectivity index (χ3n) is 7.12. The molecule has 9 nitrogen and oxygen atoms in total. The molecule has 1 atom stereocenters. The SMILES string of the molecule is O=C(CN1CC2COCCN2c2nc(-c3cccc4[nH]ccc34)ncc21)NCC1CCOCC1. The zero-order valence-corrected chi connectivity index (χ0v) is 19.2. The Hall–Kier alpha value is -3.17. The molecule has 2 aromatic heterocycles. The average molecular weight is 463 g/mol. The van der Waals surface area contributed by atoms with Gasteiger partial charge in [0.2, 0.25) is 5.91 Å². The molecule has 2 N–H and O–H groups in total. The van der Waals surface area contributed by atoms with Crippen LogP contribution >= 0.6 is 0 Å². The van der Waals surface area contributed by atoms with Gasteiger partial charge in [0.25, 0.3) is 0 Å². The lowest BCUT2D eigenvalue weighted by Crippen LogP contribution is -2.57. The number of carbonyl (C=O) groups is 1. The number of amides is 1. The van der Waals surface area contributed by atoms with Crippen molar-refractivity contribution in [3.63, 3.8) is 0 Å². The van der Waals surface area contributed by atoms with E-state index in [2.05, 4.69) is 38.3 Å². The van der Waals surface area contributed by atoms with Gasteiger partial charge in [-0.3, -0.25) is 4.79 Å². The molecule has 3 aliphatic rings. The van der Waals surface area contributed by atoms with Crippen LogP contribution < -0.4 is 15.1 Å². The van der Waals surface area contributed by atoms with Crippen molar-refractivity contribution in [2.75, 3.05) is 62.4 Å². The molecule has 1 amide bonds. The Morgan fingerprint density at radius 3 is 3.00 bits per heavy atom. The topological polar surface area (TPSA) is 95.6 Å². The molecule has 0 radical (unpaired) electrons. The van der Waals surface area contributed by atoms with Crippen molar-refractivity contribution >= 4 is 28.3 Å². The second kappa shape index (κ2) is 9.23. The van der Waals surface area contributed by atoms with Crippen molar-refractivity contribution in [3.05, 3.63) is 36.7 Å². The van der Waals surface area contributed by atoms with Crippen LogP contribution in [0.5, 0.6) is 0 Å². The molecular formula is C25H30N6O3. The summed E-state index contributed by atoms with van der Waals surface area (Å²) in [4.78, 5) is 30.3. The number of anilines is 2. The van der Waals surface area contributed by atoms with E-state index in [0.29, 0.717) is 38.0 Å². The number of rotatable bonds is 5. The number of aromatic amines is 1. The first-order valence-electron chi connectivity index (χ1n) is 12.1.